The van der Waals surface area contributed by atoms with Crippen LogP contribution in [0.15, 0.2) is 66.7 Å². The molecule has 1 heterocycles. The fourth-order valence-electron chi connectivity index (χ4n) is 2.97. The first-order valence-electron chi connectivity index (χ1n) is 8.70. The number of aromatic nitrogens is 2. The van der Waals surface area contributed by atoms with Crippen molar-refractivity contribution in [3.63, 3.8) is 0 Å². The molecule has 4 aromatic rings. The van der Waals surface area contributed by atoms with E-state index >= 15 is 0 Å². The Labute approximate surface area is 161 Å². The number of halogens is 1. The van der Waals surface area contributed by atoms with E-state index in [1.54, 1.807) is 32.4 Å². The zero-order chi connectivity index (χ0) is 19.5. The highest BCUT2D eigenvalue weighted by Crippen LogP contribution is 2.34. The fourth-order valence-corrected chi connectivity index (χ4v) is 2.97. The topological polar surface area (TPSA) is 56.3 Å². The summed E-state index contributed by atoms with van der Waals surface area (Å²) in [5, 5.41) is 4.10. The zero-order valence-corrected chi connectivity index (χ0v) is 15.4. The van der Waals surface area contributed by atoms with Gasteiger partial charge in [-0.2, -0.15) is 0 Å². The van der Waals surface area contributed by atoms with Crippen molar-refractivity contribution < 1.29 is 13.9 Å². The van der Waals surface area contributed by atoms with Gasteiger partial charge in [0.2, 0.25) is 0 Å². The predicted octanol–water partition coefficient (Wildman–Crippen LogP) is 5.20. The van der Waals surface area contributed by atoms with Crippen molar-refractivity contribution in [2.24, 2.45) is 0 Å². The number of fused-ring (bicyclic) bond motifs is 1. The average Bonchev–Trinajstić information content (AvgIpc) is 2.74. The summed E-state index contributed by atoms with van der Waals surface area (Å²) in [6, 6.07) is 19.5. The van der Waals surface area contributed by atoms with Crippen LogP contribution in [-0.4, -0.2) is 24.2 Å². The first-order chi connectivity index (χ1) is 13.7. The molecule has 0 aliphatic rings. The molecule has 0 atom stereocenters. The molecule has 0 radical (unpaired) electrons. The molecule has 4 rings (SSSR count). The van der Waals surface area contributed by atoms with Gasteiger partial charge in [0.25, 0.3) is 0 Å². The molecule has 0 saturated carbocycles. The van der Waals surface area contributed by atoms with E-state index in [1.807, 2.05) is 42.5 Å². The number of para-hydroxylation sites is 1. The van der Waals surface area contributed by atoms with Gasteiger partial charge < -0.3 is 14.8 Å². The third-order valence-corrected chi connectivity index (χ3v) is 4.38. The van der Waals surface area contributed by atoms with E-state index in [-0.39, 0.29) is 5.82 Å². The minimum Gasteiger partial charge on any atom is -0.497 e. The van der Waals surface area contributed by atoms with Gasteiger partial charge in [-0.25, -0.2) is 14.4 Å². The second kappa shape index (κ2) is 7.52. The number of methoxy groups -OCH3 is 2. The number of hydrogen-bond acceptors (Lipinski definition) is 5. The number of anilines is 2. The van der Waals surface area contributed by atoms with Gasteiger partial charge in [0.15, 0.2) is 5.82 Å². The predicted molar refractivity (Wildman–Crippen MR) is 108 cm³/mol. The first kappa shape index (κ1) is 17.7. The van der Waals surface area contributed by atoms with Gasteiger partial charge in [-0.05, 0) is 36.4 Å². The quantitative estimate of drug-likeness (QED) is 0.520. The van der Waals surface area contributed by atoms with Crippen molar-refractivity contribution in [2.45, 2.75) is 0 Å². The Balaban J connectivity index is 1.88. The van der Waals surface area contributed by atoms with Crippen molar-refractivity contribution in [1.82, 2.24) is 9.97 Å². The Kier molecular flexibility index (Phi) is 4.76. The lowest BCUT2D eigenvalue weighted by molar-refractivity contribution is 0.405. The van der Waals surface area contributed by atoms with Gasteiger partial charge in [-0.15, -0.1) is 0 Å². The molecule has 140 valence electrons. The lowest BCUT2D eigenvalue weighted by atomic mass is 10.1. The first-order valence-corrected chi connectivity index (χ1v) is 8.70. The van der Waals surface area contributed by atoms with Gasteiger partial charge >= 0.3 is 0 Å². The summed E-state index contributed by atoms with van der Waals surface area (Å²) in [4.78, 5) is 9.14. The smallest absolute Gasteiger partial charge is 0.165 e. The van der Waals surface area contributed by atoms with E-state index < -0.39 is 0 Å². The molecular weight excluding hydrogens is 357 g/mol. The lowest BCUT2D eigenvalue weighted by Gasteiger charge is -2.14. The van der Waals surface area contributed by atoms with Crippen LogP contribution in [0.4, 0.5) is 15.9 Å². The molecule has 3 aromatic carbocycles. The van der Waals surface area contributed by atoms with Gasteiger partial charge in [-0.3, -0.25) is 0 Å². The Morgan fingerprint density at radius 1 is 0.857 bits per heavy atom. The molecular formula is C22H18FN3O2. The molecule has 0 bridgehead atoms. The van der Waals surface area contributed by atoms with Crippen LogP contribution in [0.3, 0.4) is 0 Å². The van der Waals surface area contributed by atoms with Crippen LogP contribution in [0.1, 0.15) is 0 Å². The van der Waals surface area contributed by atoms with Crippen LogP contribution < -0.4 is 14.8 Å². The van der Waals surface area contributed by atoms with Crippen LogP contribution in [0, 0.1) is 5.82 Å². The van der Waals surface area contributed by atoms with Crippen molar-refractivity contribution in [3.05, 3.63) is 72.5 Å². The maximum absolute atomic E-state index is 14.3. The van der Waals surface area contributed by atoms with Crippen molar-refractivity contribution in [2.75, 3.05) is 19.5 Å². The minimum absolute atomic E-state index is 0.307. The highest BCUT2D eigenvalue weighted by Gasteiger charge is 2.14. The molecule has 28 heavy (non-hydrogen) atoms. The van der Waals surface area contributed by atoms with Gasteiger partial charge in [-0.1, -0.05) is 24.3 Å². The van der Waals surface area contributed by atoms with Crippen molar-refractivity contribution >= 4 is 22.4 Å². The minimum atomic E-state index is -0.373. The molecule has 5 nitrogen and oxygen atoms in total. The van der Waals surface area contributed by atoms with E-state index in [0.717, 1.165) is 5.39 Å². The molecule has 0 saturated heterocycles. The maximum atomic E-state index is 14.3. The van der Waals surface area contributed by atoms with E-state index in [4.69, 9.17) is 9.47 Å². The molecule has 0 aliphatic carbocycles. The summed E-state index contributed by atoms with van der Waals surface area (Å²) in [6.45, 7) is 0. The molecule has 0 aliphatic heterocycles. The fraction of sp³-hybridized carbons (Fsp3) is 0.0909. The van der Waals surface area contributed by atoms with Gasteiger partial charge in [0.1, 0.15) is 23.1 Å². The molecule has 0 spiro atoms. The summed E-state index contributed by atoms with van der Waals surface area (Å²) >= 11 is 0. The highest BCUT2D eigenvalue weighted by molar-refractivity contribution is 5.92. The van der Waals surface area contributed by atoms with Crippen molar-refractivity contribution in [1.29, 1.82) is 0 Å². The standard InChI is InChI=1S/C22H18FN3O2/c1-27-14-11-12-20(28-2)19(13-14)25-22-16-8-4-6-10-18(16)24-21(26-22)15-7-3-5-9-17(15)23/h3-13H,1-2H3,(H,24,25,26). The second-order valence-corrected chi connectivity index (χ2v) is 6.08. The monoisotopic (exact) mass is 375 g/mol. The summed E-state index contributed by atoms with van der Waals surface area (Å²) in [5.41, 5.74) is 1.74. The third kappa shape index (κ3) is 3.32. The molecule has 1 N–H and O–H groups in total. The number of hydrogen-bond donors (Lipinski definition) is 1. The Hall–Kier alpha value is -3.67. The Bertz CT molecular complexity index is 1150. The van der Waals surface area contributed by atoms with Crippen LogP contribution in [0.2, 0.25) is 0 Å². The SMILES string of the molecule is COc1ccc(OC)c(Nc2nc(-c3ccccc3F)nc3ccccc23)c1. The molecule has 6 heteroatoms. The molecule has 0 fully saturated rings. The number of benzene rings is 3. The Morgan fingerprint density at radius 3 is 2.43 bits per heavy atom. The number of nitrogens with zero attached hydrogens (tertiary/aromatic N) is 2. The van der Waals surface area contributed by atoms with Crippen LogP contribution in [0.5, 0.6) is 11.5 Å². The average molecular weight is 375 g/mol. The van der Waals surface area contributed by atoms with E-state index in [1.165, 1.54) is 6.07 Å². The van der Waals surface area contributed by atoms with Gasteiger partial charge in [0.05, 0.1) is 31.0 Å². The number of rotatable bonds is 5. The Morgan fingerprint density at radius 2 is 1.64 bits per heavy atom. The maximum Gasteiger partial charge on any atom is 0.165 e. The zero-order valence-electron chi connectivity index (χ0n) is 15.4. The van der Waals surface area contributed by atoms with Crippen LogP contribution >= 0.6 is 0 Å². The van der Waals surface area contributed by atoms with E-state index in [0.29, 0.717) is 39.9 Å². The second-order valence-electron chi connectivity index (χ2n) is 6.08. The summed E-state index contributed by atoms with van der Waals surface area (Å²) in [7, 11) is 3.19. The lowest BCUT2D eigenvalue weighted by Crippen LogP contribution is -2.02. The van der Waals surface area contributed by atoms with E-state index in [9.17, 15) is 4.39 Å². The number of nitrogens with one attached hydrogen (secondary N) is 1. The normalized spacial score (nSPS) is 10.7. The number of ether oxygens (including phenoxy) is 2. The van der Waals surface area contributed by atoms with Crippen LogP contribution in [0.25, 0.3) is 22.3 Å². The molecule has 0 amide bonds. The third-order valence-electron chi connectivity index (χ3n) is 4.38. The molecule has 1 aromatic heterocycles. The summed E-state index contributed by atoms with van der Waals surface area (Å²) < 4.78 is 25.1. The summed E-state index contributed by atoms with van der Waals surface area (Å²) in [6.07, 6.45) is 0. The largest absolute Gasteiger partial charge is 0.497 e. The van der Waals surface area contributed by atoms with Crippen LogP contribution in [-0.2, 0) is 0 Å². The highest BCUT2D eigenvalue weighted by atomic mass is 19.1. The van der Waals surface area contributed by atoms with Gasteiger partial charge in [0, 0.05) is 11.5 Å². The summed E-state index contributed by atoms with van der Waals surface area (Å²) in [5.74, 6) is 1.80. The van der Waals surface area contributed by atoms with E-state index in [2.05, 4.69) is 15.3 Å². The molecule has 0 unspecified atom stereocenters. The van der Waals surface area contributed by atoms with Crippen molar-refractivity contribution in [3.8, 4) is 22.9 Å².